The van der Waals surface area contributed by atoms with Gasteiger partial charge in [-0.3, -0.25) is 18.6 Å². The molecule has 0 rings (SSSR count). The summed E-state index contributed by atoms with van der Waals surface area (Å²) < 4.78 is 34.7. The van der Waals surface area contributed by atoms with Crippen LogP contribution >= 0.6 is 7.82 Å². The van der Waals surface area contributed by atoms with Crippen LogP contribution in [0.2, 0.25) is 0 Å². The Kier molecular flexibility index (Phi) is 56.5. The third-order valence-corrected chi connectivity index (χ3v) is 16.0. The van der Waals surface area contributed by atoms with E-state index in [2.05, 4.69) is 26.0 Å². The molecule has 0 amide bonds. The topological polar surface area (TPSA) is 108 Å². The van der Waals surface area contributed by atoms with Crippen LogP contribution in [0.4, 0.5) is 0 Å². The highest BCUT2D eigenvalue weighted by Crippen LogP contribution is 2.43. The molecule has 2 unspecified atom stereocenters. The SMILES string of the molecule is CCCCCCCC/C=C\CCCCCCCCCCCC(=O)OC(COC(=O)CCCCCCCCCCCCCCCCCCCCCCCCCCCCCCCCCC)COP(=O)(O)OCC[N+](C)(C)C. The summed E-state index contributed by atoms with van der Waals surface area (Å²) >= 11 is 0. The van der Waals surface area contributed by atoms with Crippen molar-refractivity contribution in [1.29, 1.82) is 0 Å². The molecule has 0 heterocycles. The van der Waals surface area contributed by atoms with Crippen LogP contribution in [-0.4, -0.2) is 74.9 Å². The number of quaternary nitrogens is 1. The third-order valence-electron chi connectivity index (χ3n) is 15.0. The van der Waals surface area contributed by atoms with Gasteiger partial charge >= 0.3 is 19.8 Å². The highest BCUT2D eigenvalue weighted by molar-refractivity contribution is 7.47. The molecule has 0 radical (unpaired) electrons. The normalized spacial score (nSPS) is 13.2. The van der Waals surface area contributed by atoms with Crippen molar-refractivity contribution in [2.45, 2.75) is 347 Å². The minimum atomic E-state index is -4.38. The Morgan fingerprint density at radius 3 is 0.987 bits per heavy atom. The van der Waals surface area contributed by atoms with E-state index >= 15 is 0 Å². The van der Waals surface area contributed by atoms with E-state index in [9.17, 15) is 19.0 Å². The first-order valence-corrected chi connectivity index (χ1v) is 34.4. The Morgan fingerprint density at radius 1 is 0.400 bits per heavy atom. The van der Waals surface area contributed by atoms with Gasteiger partial charge < -0.3 is 18.9 Å². The largest absolute Gasteiger partial charge is 0.472 e. The number of likely N-dealkylation sites (N-methyl/N-ethyl adjacent to an activating group) is 1. The number of esters is 2. The number of allylic oxidation sites excluding steroid dienone is 2. The number of hydrogen-bond acceptors (Lipinski definition) is 7. The van der Waals surface area contributed by atoms with Gasteiger partial charge in [0.25, 0.3) is 0 Å². The average Bonchev–Trinajstić information content (AvgIpc) is 3.37. The van der Waals surface area contributed by atoms with Crippen LogP contribution in [0.1, 0.15) is 341 Å². The molecule has 0 aromatic heterocycles. The molecule has 9 nitrogen and oxygen atoms in total. The first-order valence-electron chi connectivity index (χ1n) is 32.9. The van der Waals surface area contributed by atoms with Crippen LogP contribution in [-0.2, 0) is 32.7 Å². The van der Waals surface area contributed by atoms with Crippen LogP contribution in [0, 0.1) is 0 Å². The molecule has 0 spiro atoms. The Hall–Kier alpha value is -1.25. The summed E-state index contributed by atoms with van der Waals surface area (Å²) in [6.07, 6.45) is 68.8. The lowest BCUT2D eigenvalue weighted by molar-refractivity contribution is -0.870. The predicted octanol–water partition coefficient (Wildman–Crippen LogP) is 20.8. The highest BCUT2D eigenvalue weighted by Gasteiger charge is 2.27. The van der Waals surface area contributed by atoms with E-state index in [1.807, 2.05) is 21.1 Å². The van der Waals surface area contributed by atoms with Crippen LogP contribution in [0.3, 0.4) is 0 Å². The first-order chi connectivity index (χ1) is 36.5. The summed E-state index contributed by atoms with van der Waals surface area (Å²) in [5.41, 5.74) is 0. The maximum atomic E-state index is 12.8. The summed E-state index contributed by atoms with van der Waals surface area (Å²) in [6.45, 7) is 4.50. The number of carbonyl (C=O) groups excluding carboxylic acids is 2. The van der Waals surface area contributed by atoms with Gasteiger partial charge in [-0.15, -0.1) is 0 Å². The van der Waals surface area contributed by atoms with Gasteiger partial charge in [0.1, 0.15) is 19.8 Å². The molecule has 0 aliphatic carbocycles. The standard InChI is InChI=1S/C65H128NO8P/c1-6-8-10-12-14-16-18-20-22-24-26-27-28-29-30-31-32-33-34-35-36-37-38-40-41-43-45-47-49-51-53-55-57-64(67)71-61-63(62-73-75(69,70)72-60-59-66(3,4)5)74-65(68)58-56-54-52-50-48-46-44-42-39-25-23-21-19-17-15-13-11-9-7-2/h21,23,63H,6-20,22,24-62H2,1-5H3/p+1/b23-21-. The molecule has 1 N–H and O–H groups in total. The van der Waals surface area contributed by atoms with Crippen molar-refractivity contribution in [3.05, 3.63) is 12.2 Å². The van der Waals surface area contributed by atoms with Crippen molar-refractivity contribution in [2.75, 3.05) is 47.5 Å². The maximum absolute atomic E-state index is 12.8. The Morgan fingerprint density at radius 2 is 0.680 bits per heavy atom. The molecule has 0 aromatic rings. The molecular weight excluding hydrogens is 954 g/mol. The van der Waals surface area contributed by atoms with Crippen molar-refractivity contribution < 1.29 is 42.1 Å². The smallest absolute Gasteiger partial charge is 0.462 e. The summed E-state index contributed by atoms with van der Waals surface area (Å²) in [6, 6.07) is 0. The summed E-state index contributed by atoms with van der Waals surface area (Å²) in [5, 5.41) is 0. The van der Waals surface area contributed by atoms with E-state index in [0.717, 1.165) is 32.1 Å². The number of phosphoric acid groups is 1. The van der Waals surface area contributed by atoms with Gasteiger partial charge in [0.05, 0.1) is 27.7 Å². The van der Waals surface area contributed by atoms with Crippen LogP contribution in [0.5, 0.6) is 0 Å². The molecule has 75 heavy (non-hydrogen) atoms. The lowest BCUT2D eigenvalue weighted by Crippen LogP contribution is -2.37. The zero-order valence-corrected chi connectivity index (χ0v) is 51.7. The lowest BCUT2D eigenvalue weighted by atomic mass is 10.0. The quantitative estimate of drug-likeness (QED) is 0.0211. The summed E-state index contributed by atoms with van der Waals surface area (Å²) in [4.78, 5) is 35.8. The van der Waals surface area contributed by atoms with Gasteiger partial charge in [-0.2, -0.15) is 0 Å². The zero-order valence-electron chi connectivity index (χ0n) is 50.8. The maximum Gasteiger partial charge on any atom is 0.472 e. The number of ether oxygens (including phenoxy) is 2. The minimum Gasteiger partial charge on any atom is -0.462 e. The van der Waals surface area contributed by atoms with E-state index in [1.165, 1.54) is 276 Å². The second-order valence-corrected chi connectivity index (χ2v) is 25.3. The van der Waals surface area contributed by atoms with Crippen molar-refractivity contribution in [3.8, 4) is 0 Å². The second-order valence-electron chi connectivity index (χ2n) is 23.9. The van der Waals surface area contributed by atoms with E-state index in [-0.39, 0.29) is 25.6 Å². The van der Waals surface area contributed by atoms with Crippen molar-refractivity contribution in [3.63, 3.8) is 0 Å². The van der Waals surface area contributed by atoms with Gasteiger partial charge in [0, 0.05) is 12.8 Å². The third kappa shape index (κ3) is 61.8. The van der Waals surface area contributed by atoms with Crippen molar-refractivity contribution in [2.24, 2.45) is 0 Å². The van der Waals surface area contributed by atoms with Gasteiger partial charge in [-0.1, -0.05) is 302 Å². The zero-order chi connectivity index (χ0) is 54.9. The molecule has 0 bridgehead atoms. The fourth-order valence-electron chi connectivity index (χ4n) is 9.96. The fraction of sp³-hybridized carbons (Fsp3) is 0.938. The van der Waals surface area contributed by atoms with Crippen molar-refractivity contribution >= 4 is 19.8 Å². The lowest BCUT2D eigenvalue weighted by Gasteiger charge is -2.24. The van der Waals surface area contributed by atoms with E-state index in [4.69, 9.17) is 18.5 Å². The first kappa shape index (κ1) is 73.8. The number of unbranched alkanes of at least 4 members (excludes halogenated alkanes) is 46. The van der Waals surface area contributed by atoms with Gasteiger partial charge in [0.15, 0.2) is 6.10 Å². The van der Waals surface area contributed by atoms with E-state index in [0.29, 0.717) is 23.9 Å². The molecule has 0 saturated heterocycles. The highest BCUT2D eigenvalue weighted by atomic mass is 31.2. The summed E-state index contributed by atoms with van der Waals surface area (Å²) in [7, 11) is 1.50. The second kappa shape index (κ2) is 57.4. The van der Waals surface area contributed by atoms with Crippen LogP contribution < -0.4 is 0 Å². The average molecular weight is 1080 g/mol. The Balaban J connectivity index is 3.97. The summed E-state index contributed by atoms with van der Waals surface area (Å²) in [5.74, 6) is -0.778. The van der Waals surface area contributed by atoms with Gasteiger partial charge in [0.2, 0.25) is 0 Å². The minimum absolute atomic E-state index is 0.0352. The molecule has 446 valence electrons. The molecule has 0 saturated carbocycles. The predicted molar refractivity (Wildman–Crippen MR) is 321 cm³/mol. The fourth-order valence-corrected chi connectivity index (χ4v) is 10.7. The van der Waals surface area contributed by atoms with Gasteiger partial charge in [-0.25, -0.2) is 4.57 Å². The molecule has 0 aliphatic rings. The van der Waals surface area contributed by atoms with Gasteiger partial charge in [-0.05, 0) is 38.5 Å². The number of phosphoric ester groups is 1. The number of rotatable bonds is 62. The van der Waals surface area contributed by atoms with Crippen LogP contribution in [0.15, 0.2) is 12.2 Å². The van der Waals surface area contributed by atoms with E-state index < -0.39 is 26.5 Å². The van der Waals surface area contributed by atoms with E-state index in [1.54, 1.807) is 0 Å². The molecule has 0 aliphatic heterocycles. The monoisotopic (exact) mass is 1080 g/mol. The molecule has 0 fully saturated rings. The molecule has 2 atom stereocenters. The molecule has 0 aromatic carbocycles. The number of nitrogens with zero attached hydrogens (tertiary/aromatic N) is 1. The Labute approximate surface area is 466 Å². The molecule has 10 heteroatoms. The number of hydrogen-bond donors (Lipinski definition) is 1. The van der Waals surface area contributed by atoms with Crippen molar-refractivity contribution in [1.82, 2.24) is 0 Å². The molecular formula is C65H129NO8P+. The Bertz CT molecular complexity index is 1270. The van der Waals surface area contributed by atoms with Crippen LogP contribution in [0.25, 0.3) is 0 Å². The number of carbonyl (C=O) groups is 2.